The van der Waals surface area contributed by atoms with E-state index in [1.807, 2.05) is 0 Å². The fourth-order valence-corrected chi connectivity index (χ4v) is 3.01. The molecule has 19 heavy (non-hydrogen) atoms. The van der Waals surface area contributed by atoms with E-state index in [0.29, 0.717) is 13.1 Å². The number of nitrogens with two attached hydrogens (primary N) is 1. The lowest BCUT2D eigenvalue weighted by Crippen LogP contribution is -2.38. The van der Waals surface area contributed by atoms with Gasteiger partial charge in [-0.2, -0.15) is 0 Å². The van der Waals surface area contributed by atoms with E-state index in [2.05, 4.69) is 39.1 Å². The second-order valence-electron chi connectivity index (χ2n) is 5.76. The van der Waals surface area contributed by atoms with Crippen LogP contribution in [0.4, 0.5) is 0 Å². The summed E-state index contributed by atoms with van der Waals surface area (Å²) in [6.07, 6.45) is 1.90. The van der Waals surface area contributed by atoms with Crippen LogP contribution in [0.15, 0.2) is 6.07 Å². The minimum atomic E-state index is -0.292. The number of carbonyl (C=O) groups is 1. The van der Waals surface area contributed by atoms with Gasteiger partial charge < -0.3 is 11.1 Å². The van der Waals surface area contributed by atoms with E-state index in [1.54, 1.807) is 0 Å². The van der Waals surface area contributed by atoms with E-state index in [-0.39, 0.29) is 11.3 Å². The monoisotopic (exact) mass is 260 g/mol. The third kappa shape index (κ3) is 2.27. The van der Waals surface area contributed by atoms with E-state index in [9.17, 15) is 4.79 Å². The summed E-state index contributed by atoms with van der Waals surface area (Å²) in [6, 6.07) is 2.21. The van der Waals surface area contributed by atoms with Gasteiger partial charge in [0.1, 0.15) is 0 Å². The van der Waals surface area contributed by atoms with Crippen LogP contribution in [0.3, 0.4) is 0 Å². The van der Waals surface area contributed by atoms with E-state index >= 15 is 0 Å². The van der Waals surface area contributed by atoms with Crippen molar-refractivity contribution in [2.75, 3.05) is 13.1 Å². The molecule has 3 heteroatoms. The van der Waals surface area contributed by atoms with Crippen LogP contribution < -0.4 is 11.1 Å². The van der Waals surface area contributed by atoms with Crippen molar-refractivity contribution in [3.05, 3.63) is 33.9 Å². The standard InChI is InChI=1S/C16H24N2O/c1-10-9-11(2)13(4)14(12(10)3)16(5-6-16)15(19)18-8-7-17/h9H,5-8,17H2,1-4H3,(H,18,19). The molecule has 1 saturated carbocycles. The first-order chi connectivity index (χ1) is 8.94. The molecule has 1 amide bonds. The quantitative estimate of drug-likeness (QED) is 0.870. The molecule has 1 aliphatic carbocycles. The Morgan fingerprint density at radius 3 is 2.16 bits per heavy atom. The fraction of sp³-hybridized carbons (Fsp3) is 0.562. The van der Waals surface area contributed by atoms with Crippen LogP contribution in [0.25, 0.3) is 0 Å². The summed E-state index contributed by atoms with van der Waals surface area (Å²) in [5.74, 6) is 0.147. The Balaban J connectivity index is 2.44. The molecule has 1 fully saturated rings. The fourth-order valence-electron chi connectivity index (χ4n) is 3.01. The second kappa shape index (κ2) is 4.97. The van der Waals surface area contributed by atoms with Crippen LogP contribution in [0, 0.1) is 27.7 Å². The molecule has 1 aromatic rings. The van der Waals surface area contributed by atoms with Crippen molar-refractivity contribution in [2.24, 2.45) is 5.73 Å². The Bertz CT molecular complexity index is 490. The van der Waals surface area contributed by atoms with Crippen LogP contribution in [0.2, 0.25) is 0 Å². The van der Waals surface area contributed by atoms with Crippen molar-refractivity contribution in [1.82, 2.24) is 5.32 Å². The average molecular weight is 260 g/mol. The summed E-state index contributed by atoms with van der Waals surface area (Å²) in [5.41, 5.74) is 11.5. The molecule has 1 aromatic carbocycles. The van der Waals surface area contributed by atoms with Gasteiger partial charge in [-0.1, -0.05) is 6.07 Å². The predicted molar refractivity (Wildman–Crippen MR) is 78.4 cm³/mol. The first kappa shape index (κ1) is 14.1. The zero-order valence-corrected chi connectivity index (χ0v) is 12.4. The Labute approximate surface area is 115 Å². The molecule has 1 aliphatic rings. The van der Waals surface area contributed by atoms with E-state index in [1.165, 1.54) is 27.8 Å². The lowest BCUT2D eigenvalue weighted by molar-refractivity contribution is -0.123. The molecule has 0 heterocycles. The van der Waals surface area contributed by atoms with Gasteiger partial charge in [0.2, 0.25) is 5.91 Å². The number of amides is 1. The highest BCUT2D eigenvalue weighted by atomic mass is 16.2. The smallest absolute Gasteiger partial charge is 0.230 e. The zero-order valence-electron chi connectivity index (χ0n) is 12.4. The Morgan fingerprint density at radius 2 is 1.74 bits per heavy atom. The maximum Gasteiger partial charge on any atom is 0.230 e. The van der Waals surface area contributed by atoms with Gasteiger partial charge in [0.05, 0.1) is 5.41 Å². The van der Waals surface area contributed by atoms with Gasteiger partial charge >= 0.3 is 0 Å². The topological polar surface area (TPSA) is 55.1 Å². The lowest BCUT2D eigenvalue weighted by Gasteiger charge is -2.23. The third-order valence-electron chi connectivity index (χ3n) is 4.46. The number of benzene rings is 1. The van der Waals surface area contributed by atoms with Crippen LogP contribution in [-0.4, -0.2) is 19.0 Å². The molecule has 3 N–H and O–H groups in total. The van der Waals surface area contributed by atoms with Gasteiger partial charge in [-0.05, 0) is 68.4 Å². The number of rotatable bonds is 4. The molecule has 0 radical (unpaired) electrons. The second-order valence-corrected chi connectivity index (χ2v) is 5.76. The predicted octanol–water partition coefficient (Wildman–Crippen LogP) is 2.03. The number of hydrogen-bond acceptors (Lipinski definition) is 2. The van der Waals surface area contributed by atoms with Crippen LogP contribution in [0.5, 0.6) is 0 Å². The Hall–Kier alpha value is -1.35. The van der Waals surface area contributed by atoms with E-state index in [4.69, 9.17) is 5.73 Å². The first-order valence-electron chi connectivity index (χ1n) is 7.00. The first-order valence-corrected chi connectivity index (χ1v) is 7.00. The highest BCUT2D eigenvalue weighted by Crippen LogP contribution is 2.51. The van der Waals surface area contributed by atoms with Gasteiger partial charge in [0.25, 0.3) is 0 Å². The van der Waals surface area contributed by atoms with Crippen molar-refractivity contribution in [1.29, 1.82) is 0 Å². The van der Waals surface area contributed by atoms with Crippen molar-refractivity contribution < 1.29 is 4.79 Å². The average Bonchev–Trinajstić information content (AvgIpc) is 3.15. The Morgan fingerprint density at radius 1 is 1.21 bits per heavy atom. The van der Waals surface area contributed by atoms with E-state index < -0.39 is 0 Å². The molecule has 0 bridgehead atoms. The summed E-state index contributed by atoms with van der Waals surface area (Å²) in [6.45, 7) is 9.56. The van der Waals surface area contributed by atoms with Gasteiger partial charge in [-0.25, -0.2) is 0 Å². The molecule has 0 atom stereocenters. The molecule has 0 saturated heterocycles. The van der Waals surface area contributed by atoms with Crippen molar-refractivity contribution >= 4 is 5.91 Å². The van der Waals surface area contributed by atoms with Crippen molar-refractivity contribution in [3.8, 4) is 0 Å². The number of hydrogen-bond donors (Lipinski definition) is 2. The normalized spacial score (nSPS) is 16.3. The summed E-state index contributed by atoms with van der Waals surface area (Å²) in [4.78, 5) is 12.4. The van der Waals surface area contributed by atoms with Crippen LogP contribution in [-0.2, 0) is 10.2 Å². The van der Waals surface area contributed by atoms with E-state index in [0.717, 1.165) is 12.8 Å². The molecular weight excluding hydrogens is 236 g/mol. The minimum absolute atomic E-state index is 0.147. The number of carbonyl (C=O) groups excluding carboxylic acids is 1. The molecule has 0 spiro atoms. The van der Waals surface area contributed by atoms with Gasteiger partial charge in [0, 0.05) is 13.1 Å². The molecule has 104 valence electrons. The molecule has 3 nitrogen and oxygen atoms in total. The van der Waals surface area contributed by atoms with Gasteiger partial charge in [-0.15, -0.1) is 0 Å². The van der Waals surface area contributed by atoms with Crippen LogP contribution >= 0.6 is 0 Å². The summed E-state index contributed by atoms with van der Waals surface area (Å²) in [7, 11) is 0. The highest BCUT2D eigenvalue weighted by Gasteiger charge is 2.52. The largest absolute Gasteiger partial charge is 0.354 e. The lowest BCUT2D eigenvalue weighted by atomic mass is 9.83. The van der Waals surface area contributed by atoms with Gasteiger partial charge in [0.15, 0.2) is 0 Å². The molecule has 0 aromatic heterocycles. The maximum atomic E-state index is 12.4. The van der Waals surface area contributed by atoms with Crippen molar-refractivity contribution in [2.45, 2.75) is 46.0 Å². The highest BCUT2D eigenvalue weighted by molar-refractivity contribution is 5.92. The number of nitrogens with one attached hydrogen (secondary N) is 1. The summed E-state index contributed by atoms with van der Waals surface area (Å²) < 4.78 is 0. The molecule has 0 unspecified atom stereocenters. The maximum absolute atomic E-state index is 12.4. The molecule has 0 aliphatic heterocycles. The zero-order chi connectivity index (χ0) is 14.2. The van der Waals surface area contributed by atoms with Crippen molar-refractivity contribution in [3.63, 3.8) is 0 Å². The van der Waals surface area contributed by atoms with Gasteiger partial charge in [-0.3, -0.25) is 4.79 Å². The summed E-state index contributed by atoms with van der Waals surface area (Å²) >= 11 is 0. The molecular formula is C16H24N2O. The number of aryl methyl sites for hydroxylation is 2. The Kier molecular flexibility index (Phi) is 3.68. The minimum Gasteiger partial charge on any atom is -0.354 e. The SMILES string of the molecule is Cc1cc(C)c(C)c(C2(C(=O)NCCN)CC2)c1C. The third-order valence-corrected chi connectivity index (χ3v) is 4.46. The summed E-state index contributed by atoms with van der Waals surface area (Å²) in [5, 5.41) is 2.96. The molecule has 2 rings (SSSR count). The van der Waals surface area contributed by atoms with Crippen LogP contribution in [0.1, 0.15) is 40.7 Å².